The van der Waals surface area contributed by atoms with Gasteiger partial charge in [-0.05, 0) is 36.6 Å². The van der Waals surface area contributed by atoms with Crippen molar-refractivity contribution >= 4 is 29.0 Å². The molecular weight excluding hydrogens is 328 g/mol. The predicted octanol–water partition coefficient (Wildman–Crippen LogP) is 0.425. The number of anilines is 1. The van der Waals surface area contributed by atoms with E-state index in [4.69, 9.17) is 4.74 Å². The molecule has 2 amide bonds. The number of aliphatic carboxylic acids is 1. The lowest BCUT2D eigenvalue weighted by molar-refractivity contribution is -0.161. The van der Waals surface area contributed by atoms with Gasteiger partial charge in [0.1, 0.15) is 11.4 Å². The summed E-state index contributed by atoms with van der Waals surface area (Å²) in [6, 6.07) is 4.68. The third kappa shape index (κ3) is 2.21. The van der Waals surface area contributed by atoms with Gasteiger partial charge in [-0.2, -0.15) is 0 Å². The van der Waals surface area contributed by atoms with E-state index < -0.39 is 18.0 Å². The summed E-state index contributed by atoms with van der Waals surface area (Å²) in [6.07, 6.45) is -0.490. The van der Waals surface area contributed by atoms with Crippen LogP contribution in [-0.4, -0.2) is 51.6 Å². The minimum absolute atomic E-state index is 0.0597. The van der Waals surface area contributed by atoms with Gasteiger partial charge in [-0.1, -0.05) is 6.07 Å². The Balaban J connectivity index is 1.75. The van der Waals surface area contributed by atoms with E-state index in [0.717, 1.165) is 0 Å². The first kappa shape index (κ1) is 15.6. The second-order valence-electron chi connectivity index (χ2n) is 6.43. The van der Waals surface area contributed by atoms with E-state index in [1.54, 1.807) is 18.2 Å². The van der Waals surface area contributed by atoms with E-state index in [0.29, 0.717) is 29.0 Å². The van der Waals surface area contributed by atoms with E-state index in [1.165, 1.54) is 11.8 Å². The number of nitrogens with one attached hydrogen (secondary N) is 1. The smallest absolute Gasteiger partial charge is 0.352 e. The van der Waals surface area contributed by atoms with E-state index in [9.17, 15) is 24.6 Å². The van der Waals surface area contributed by atoms with Crippen molar-refractivity contribution in [2.24, 2.45) is 5.92 Å². The van der Waals surface area contributed by atoms with Crippen molar-refractivity contribution in [3.05, 3.63) is 29.5 Å². The molecule has 8 heteroatoms. The number of hydrogen-bond acceptors (Lipinski definition) is 5. The molecule has 4 rings (SSSR count). The number of carbonyl (C=O) groups excluding carboxylic acids is 2. The lowest BCUT2D eigenvalue weighted by Gasteiger charge is -2.44. The molecule has 0 bridgehead atoms. The number of fused-ring (bicyclic) bond motifs is 2. The number of carboxylic acids is 1. The molecule has 0 unspecified atom stereocenters. The number of carboxylic acid groups (broad SMARTS) is 1. The van der Waals surface area contributed by atoms with Crippen molar-refractivity contribution in [3.8, 4) is 5.75 Å². The fraction of sp³-hybridized carbons (Fsp3) is 0.353. The number of benzene rings is 1. The van der Waals surface area contributed by atoms with Gasteiger partial charge in [-0.25, -0.2) is 4.79 Å². The SMILES string of the molecule is C[C@@H](O)[C@@H]1C(=O)N2C(C(=O)O)=C(c3ccc4c(c3)NC(=O)CO4)C[C@@H]12. The molecule has 1 aromatic carbocycles. The maximum Gasteiger partial charge on any atom is 0.352 e. The Bertz CT molecular complexity index is 844. The maximum atomic E-state index is 12.2. The number of ether oxygens (including phenoxy) is 1. The van der Waals surface area contributed by atoms with Crippen molar-refractivity contribution in [1.29, 1.82) is 0 Å². The predicted molar refractivity (Wildman–Crippen MR) is 85.5 cm³/mol. The Morgan fingerprint density at radius 3 is 2.84 bits per heavy atom. The number of aliphatic hydroxyl groups excluding tert-OH is 1. The van der Waals surface area contributed by atoms with Gasteiger partial charge in [0.05, 0.1) is 23.8 Å². The summed E-state index contributed by atoms with van der Waals surface area (Å²) in [7, 11) is 0. The van der Waals surface area contributed by atoms with Crippen molar-refractivity contribution < 1.29 is 29.3 Å². The topological polar surface area (TPSA) is 116 Å². The molecule has 8 nitrogen and oxygen atoms in total. The standard InChI is InChI=1S/C17H16N2O6/c1-7(20)14-11-5-9(15(17(23)24)19(11)16(14)22)8-2-3-12-10(4-8)18-13(21)6-25-12/h2-4,7,11,14,20H,5-6H2,1H3,(H,18,21)(H,23,24)/t7-,11+,14+/m1/s1. The lowest BCUT2D eigenvalue weighted by atomic mass is 9.82. The van der Waals surface area contributed by atoms with Crippen molar-refractivity contribution in [3.63, 3.8) is 0 Å². The average Bonchev–Trinajstić information content (AvgIpc) is 2.89. The fourth-order valence-corrected chi connectivity index (χ4v) is 3.80. The van der Waals surface area contributed by atoms with Crippen LogP contribution in [0, 0.1) is 5.92 Å². The minimum atomic E-state index is -1.19. The summed E-state index contributed by atoms with van der Waals surface area (Å²) < 4.78 is 5.31. The molecule has 0 saturated carbocycles. The molecule has 1 saturated heterocycles. The second kappa shape index (κ2) is 5.32. The number of amides is 2. The molecule has 130 valence electrons. The quantitative estimate of drug-likeness (QED) is 0.685. The van der Waals surface area contributed by atoms with E-state index >= 15 is 0 Å². The third-order valence-corrected chi connectivity index (χ3v) is 4.89. The van der Waals surface area contributed by atoms with Crippen molar-refractivity contribution in [2.75, 3.05) is 11.9 Å². The third-order valence-electron chi connectivity index (χ3n) is 4.89. The number of β-lactam (4-membered cyclic amide) rings is 1. The van der Waals surface area contributed by atoms with Crippen LogP contribution in [0.2, 0.25) is 0 Å². The molecule has 0 aromatic heterocycles. The van der Waals surface area contributed by atoms with Gasteiger partial charge >= 0.3 is 5.97 Å². The van der Waals surface area contributed by atoms with E-state index in [1.807, 2.05) is 0 Å². The number of hydrogen-bond donors (Lipinski definition) is 3. The fourth-order valence-electron chi connectivity index (χ4n) is 3.80. The molecule has 0 radical (unpaired) electrons. The van der Waals surface area contributed by atoms with Gasteiger partial charge in [0, 0.05) is 0 Å². The first-order valence-corrected chi connectivity index (χ1v) is 7.93. The molecule has 0 spiro atoms. The molecule has 3 N–H and O–H groups in total. The van der Waals surface area contributed by atoms with Crippen LogP contribution in [0.1, 0.15) is 18.9 Å². The lowest BCUT2D eigenvalue weighted by Crippen LogP contribution is -2.61. The molecule has 1 aromatic rings. The van der Waals surface area contributed by atoms with Crippen LogP contribution in [0.5, 0.6) is 5.75 Å². The summed E-state index contributed by atoms with van der Waals surface area (Å²) in [5.74, 6) is -1.92. The minimum Gasteiger partial charge on any atom is -0.482 e. The normalized spacial score (nSPS) is 25.6. The zero-order chi connectivity index (χ0) is 17.9. The molecule has 3 heterocycles. The van der Waals surface area contributed by atoms with Gasteiger partial charge in [-0.15, -0.1) is 0 Å². The van der Waals surface area contributed by atoms with Crippen LogP contribution < -0.4 is 10.1 Å². The van der Waals surface area contributed by atoms with Crippen molar-refractivity contribution in [2.45, 2.75) is 25.5 Å². The Morgan fingerprint density at radius 1 is 1.40 bits per heavy atom. The average molecular weight is 344 g/mol. The summed E-state index contributed by atoms with van der Waals surface area (Å²) >= 11 is 0. The van der Waals surface area contributed by atoms with Crippen LogP contribution in [0.25, 0.3) is 5.57 Å². The Morgan fingerprint density at radius 2 is 2.16 bits per heavy atom. The summed E-state index contributed by atoms with van der Waals surface area (Å²) in [4.78, 5) is 36.7. The molecule has 0 aliphatic carbocycles. The van der Waals surface area contributed by atoms with Gasteiger partial charge in [0.15, 0.2) is 6.61 Å². The summed E-state index contributed by atoms with van der Waals surface area (Å²) in [6.45, 7) is 1.47. The number of rotatable bonds is 3. The molecule has 25 heavy (non-hydrogen) atoms. The van der Waals surface area contributed by atoms with Crippen molar-refractivity contribution in [1.82, 2.24) is 4.90 Å². The number of aliphatic hydroxyl groups is 1. The first-order valence-electron chi connectivity index (χ1n) is 7.93. The summed E-state index contributed by atoms with van der Waals surface area (Å²) in [5, 5.41) is 22.0. The number of nitrogens with zero attached hydrogens (tertiary/aromatic N) is 1. The largest absolute Gasteiger partial charge is 0.482 e. The zero-order valence-corrected chi connectivity index (χ0v) is 13.4. The van der Waals surface area contributed by atoms with E-state index in [-0.39, 0.29) is 30.2 Å². The monoisotopic (exact) mass is 344 g/mol. The molecule has 3 atom stereocenters. The van der Waals surface area contributed by atoms with Crippen LogP contribution in [0.15, 0.2) is 23.9 Å². The van der Waals surface area contributed by atoms with Gasteiger partial charge < -0.3 is 25.2 Å². The van der Waals surface area contributed by atoms with Crippen LogP contribution >= 0.6 is 0 Å². The van der Waals surface area contributed by atoms with Crippen LogP contribution in [0.4, 0.5) is 5.69 Å². The number of carbonyl (C=O) groups is 3. The maximum absolute atomic E-state index is 12.2. The second-order valence-corrected chi connectivity index (χ2v) is 6.43. The molecule has 3 aliphatic rings. The Labute approximate surface area is 142 Å². The highest BCUT2D eigenvalue weighted by molar-refractivity contribution is 6.06. The highest BCUT2D eigenvalue weighted by Gasteiger charge is 2.56. The van der Waals surface area contributed by atoms with Crippen LogP contribution in [-0.2, 0) is 14.4 Å². The highest BCUT2D eigenvalue weighted by Crippen LogP contribution is 2.47. The first-order chi connectivity index (χ1) is 11.9. The Kier molecular flexibility index (Phi) is 3.33. The van der Waals surface area contributed by atoms with Gasteiger partial charge in [0.2, 0.25) is 5.91 Å². The van der Waals surface area contributed by atoms with Gasteiger partial charge in [0.25, 0.3) is 5.91 Å². The zero-order valence-electron chi connectivity index (χ0n) is 13.4. The van der Waals surface area contributed by atoms with Crippen LogP contribution in [0.3, 0.4) is 0 Å². The Hall–Kier alpha value is -2.87. The molecule has 3 aliphatic heterocycles. The van der Waals surface area contributed by atoms with Gasteiger partial charge in [-0.3, -0.25) is 9.59 Å². The highest BCUT2D eigenvalue weighted by atomic mass is 16.5. The molecule has 1 fully saturated rings. The van der Waals surface area contributed by atoms with E-state index in [2.05, 4.69) is 5.32 Å². The molecular formula is C17H16N2O6. The summed E-state index contributed by atoms with van der Waals surface area (Å²) in [5.41, 5.74) is 1.53.